The Kier molecular flexibility index (Phi) is 5.84. The molecule has 0 aromatic heterocycles. The summed E-state index contributed by atoms with van der Waals surface area (Å²) in [5.74, 6) is -0.00448. The molecule has 9 nitrogen and oxygen atoms in total. The third-order valence-electron chi connectivity index (χ3n) is 3.69. The second-order valence-corrected chi connectivity index (χ2v) is 5.57. The van der Waals surface area contributed by atoms with E-state index in [2.05, 4.69) is 5.32 Å². The van der Waals surface area contributed by atoms with Gasteiger partial charge in [-0.1, -0.05) is 17.7 Å². The average Bonchev–Trinajstić information content (AvgIpc) is 2.59. The van der Waals surface area contributed by atoms with Crippen molar-refractivity contribution < 1.29 is 19.4 Å². The molecule has 2 aromatic carbocycles. The quantitative estimate of drug-likeness (QED) is 0.460. The molecular formula is C17H17N3O6. The van der Waals surface area contributed by atoms with Crippen molar-refractivity contribution in [3.8, 4) is 5.75 Å². The van der Waals surface area contributed by atoms with Gasteiger partial charge in [-0.25, -0.2) is 0 Å². The normalized spacial score (nSPS) is 10.2. The zero-order valence-corrected chi connectivity index (χ0v) is 14.2. The highest BCUT2D eigenvalue weighted by Crippen LogP contribution is 2.29. The van der Waals surface area contributed by atoms with Crippen molar-refractivity contribution in [1.82, 2.24) is 5.32 Å². The minimum Gasteiger partial charge on any atom is -0.492 e. The maximum atomic E-state index is 12.1. The van der Waals surface area contributed by atoms with Crippen LogP contribution in [0.5, 0.6) is 5.75 Å². The van der Waals surface area contributed by atoms with E-state index in [4.69, 9.17) is 4.74 Å². The Morgan fingerprint density at radius 1 is 1.04 bits per heavy atom. The molecule has 0 bridgehead atoms. The third-order valence-corrected chi connectivity index (χ3v) is 3.69. The van der Waals surface area contributed by atoms with E-state index >= 15 is 0 Å². The van der Waals surface area contributed by atoms with Gasteiger partial charge in [-0.15, -0.1) is 0 Å². The molecule has 2 rings (SSSR count). The monoisotopic (exact) mass is 359 g/mol. The summed E-state index contributed by atoms with van der Waals surface area (Å²) in [4.78, 5) is 32.7. The van der Waals surface area contributed by atoms with E-state index in [1.165, 1.54) is 6.92 Å². The Hall–Kier alpha value is -3.49. The summed E-state index contributed by atoms with van der Waals surface area (Å²) < 4.78 is 5.46. The Morgan fingerprint density at radius 3 is 2.08 bits per heavy atom. The Bertz CT molecular complexity index is 813. The smallest absolute Gasteiger partial charge is 0.279 e. The third kappa shape index (κ3) is 4.53. The first-order valence-corrected chi connectivity index (χ1v) is 7.70. The van der Waals surface area contributed by atoms with Crippen molar-refractivity contribution >= 4 is 17.3 Å². The molecule has 0 spiro atoms. The fourth-order valence-corrected chi connectivity index (χ4v) is 2.26. The van der Waals surface area contributed by atoms with Gasteiger partial charge in [-0.05, 0) is 26.0 Å². The standard InChI is InChI=1S/C17H17N3O6/c1-11-3-5-14(6-4-11)26-8-7-18-17(21)13-9-15(19(22)23)12(2)16(10-13)20(24)25/h3-6,9-10H,7-8H2,1-2H3,(H,18,21). The Labute approximate surface area is 148 Å². The van der Waals surface area contributed by atoms with Crippen molar-refractivity contribution in [2.24, 2.45) is 0 Å². The second-order valence-electron chi connectivity index (χ2n) is 5.57. The number of amides is 1. The van der Waals surface area contributed by atoms with Gasteiger partial charge in [0.25, 0.3) is 17.3 Å². The molecule has 2 aromatic rings. The summed E-state index contributed by atoms with van der Waals surface area (Å²) in [5, 5.41) is 24.6. The molecule has 0 radical (unpaired) electrons. The van der Waals surface area contributed by atoms with Gasteiger partial charge in [0.2, 0.25) is 0 Å². The summed E-state index contributed by atoms with van der Waals surface area (Å²) in [7, 11) is 0. The van der Waals surface area contributed by atoms with Crippen molar-refractivity contribution in [3.05, 3.63) is 73.3 Å². The van der Waals surface area contributed by atoms with Crippen LogP contribution in [0.4, 0.5) is 11.4 Å². The second kappa shape index (κ2) is 8.06. The molecule has 26 heavy (non-hydrogen) atoms. The molecule has 0 saturated heterocycles. The van der Waals surface area contributed by atoms with Crippen LogP contribution in [0, 0.1) is 34.1 Å². The molecule has 0 saturated carbocycles. The SMILES string of the molecule is Cc1ccc(OCCNC(=O)c2cc([N+](=O)[O-])c(C)c([N+](=O)[O-])c2)cc1. The molecule has 0 aliphatic rings. The Balaban J connectivity index is 2.03. The lowest BCUT2D eigenvalue weighted by molar-refractivity contribution is -0.395. The van der Waals surface area contributed by atoms with E-state index in [-0.39, 0.29) is 24.3 Å². The van der Waals surface area contributed by atoms with Crippen LogP contribution in [-0.2, 0) is 0 Å². The number of ether oxygens (including phenoxy) is 1. The van der Waals surface area contributed by atoms with Crippen LogP contribution >= 0.6 is 0 Å². The minimum absolute atomic E-state index is 0.0979. The number of nitrogens with zero attached hydrogens (tertiary/aromatic N) is 2. The number of benzene rings is 2. The van der Waals surface area contributed by atoms with Gasteiger partial charge in [0.1, 0.15) is 17.9 Å². The topological polar surface area (TPSA) is 125 Å². The maximum absolute atomic E-state index is 12.1. The Morgan fingerprint density at radius 2 is 1.58 bits per heavy atom. The molecular weight excluding hydrogens is 342 g/mol. The first-order chi connectivity index (χ1) is 12.3. The van der Waals surface area contributed by atoms with E-state index in [1.807, 2.05) is 19.1 Å². The first-order valence-electron chi connectivity index (χ1n) is 7.70. The number of nitro benzene ring substituents is 2. The fraction of sp³-hybridized carbons (Fsp3) is 0.235. The number of aryl methyl sites for hydroxylation is 1. The molecule has 0 heterocycles. The number of nitro groups is 2. The molecule has 0 unspecified atom stereocenters. The van der Waals surface area contributed by atoms with Gasteiger partial charge in [0, 0.05) is 12.1 Å². The molecule has 9 heteroatoms. The number of rotatable bonds is 7. The number of nitrogens with one attached hydrogen (secondary N) is 1. The number of carbonyl (C=O) groups excluding carboxylic acids is 1. The van der Waals surface area contributed by atoms with E-state index in [9.17, 15) is 25.0 Å². The van der Waals surface area contributed by atoms with Crippen molar-refractivity contribution in [2.75, 3.05) is 13.2 Å². The number of carbonyl (C=O) groups is 1. The van der Waals surface area contributed by atoms with Gasteiger partial charge in [-0.2, -0.15) is 0 Å². The van der Waals surface area contributed by atoms with Crippen LogP contribution in [0.2, 0.25) is 0 Å². The molecule has 0 fully saturated rings. The largest absolute Gasteiger partial charge is 0.492 e. The molecule has 1 amide bonds. The van der Waals surface area contributed by atoms with E-state index in [0.717, 1.165) is 17.7 Å². The summed E-state index contributed by atoms with van der Waals surface area (Å²) in [6.45, 7) is 3.55. The highest BCUT2D eigenvalue weighted by molar-refractivity contribution is 5.96. The van der Waals surface area contributed by atoms with Crippen LogP contribution in [0.25, 0.3) is 0 Å². The number of hydrogen-bond donors (Lipinski definition) is 1. The lowest BCUT2D eigenvalue weighted by Gasteiger charge is -2.09. The van der Waals surface area contributed by atoms with Gasteiger partial charge in [-0.3, -0.25) is 25.0 Å². The van der Waals surface area contributed by atoms with Crippen LogP contribution in [-0.4, -0.2) is 28.9 Å². The lowest BCUT2D eigenvalue weighted by Crippen LogP contribution is -2.28. The maximum Gasteiger partial charge on any atom is 0.279 e. The van der Waals surface area contributed by atoms with E-state index in [1.54, 1.807) is 12.1 Å². The van der Waals surface area contributed by atoms with Crippen molar-refractivity contribution in [2.45, 2.75) is 13.8 Å². The van der Waals surface area contributed by atoms with Crippen molar-refractivity contribution in [1.29, 1.82) is 0 Å². The predicted molar refractivity (Wildman–Crippen MR) is 93.5 cm³/mol. The minimum atomic E-state index is -0.750. The van der Waals surface area contributed by atoms with E-state index < -0.39 is 27.1 Å². The zero-order chi connectivity index (χ0) is 19.3. The summed E-state index contributed by atoms with van der Waals surface area (Å²) in [6, 6.07) is 9.42. The average molecular weight is 359 g/mol. The van der Waals surface area contributed by atoms with Crippen LogP contribution in [0.15, 0.2) is 36.4 Å². The number of hydrogen-bond acceptors (Lipinski definition) is 6. The molecule has 0 aliphatic heterocycles. The summed E-state index contributed by atoms with van der Waals surface area (Å²) >= 11 is 0. The van der Waals surface area contributed by atoms with Crippen LogP contribution < -0.4 is 10.1 Å². The summed E-state index contributed by atoms with van der Waals surface area (Å²) in [5.41, 5.74) is -0.0997. The highest BCUT2D eigenvalue weighted by Gasteiger charge is 2.25. The van der Waals surface area contributed by atoms with Crippen molar-refractivity contribution in [3.63, 3.8) is 0 Å². The summed E-state index contributed by atoms with van der Waals surface area (Å²) in [6.07, 6.45) is 0. The lowest BCUT2D eigenvalue weighted by atomic mass is 10.1. The van der Waals surface area contributed by atoms with E-state index in [0.29, 0.717) is 5.75 Å². The van der Waals surface area contributed by atoms with Gasteiger partial charge in [0.15, 0.2) is 0 Å². The van der Waals surface area contributed by atoms with Crippen LogP contribution in [0.1, 0.15) is 21.5 Å². The first kappa shape index (κ1) is 18.8. The molecule has 0 aliphatic carbocycles. The molecule has 1 N–H and O–H groups in total. The van der Waals surface area contributed by atoms with Gasteiger partial charge >= 0.3 is 0 Å². The predicted octanol–water partition coefficient (Wildman–Crippen LogP) is 2.93. The fourth-order valence-electron chi connectivity index (χ4n) is 2.26. The van der Waals surface area contributed by atoms with Gasteiger partial charge < -0.3 is 10.1 Å². The molecule has 0 atom stereocenters. The van der Waals surface area contributed by atoms with Crippen LogP contribution in [0.3, 0.4) is 0 Å². The van der Waals surface area contributed by atoms with Gasteiger partial charge in [0.05, 0.1) is 22.0 Å². The highest BCUT2D eigenvalue weighted by atomic mass is 16.6. The zero-order valence-electron chi connectivity index (χ0n) is 14.2. The molecule has 136 valence electrons.